The Hall–Kier alpha value is -3.22. The summed E-state index contributed by atoms with van der Waals surface area (Å²) in [6.45, 7) is 3.90. The zero-order valence-electron chi connectivity index (χ0n) is 18.8. The van der Waals surface area contributed by atoms with Gasteiger partial charge >= 0.3 is 11.9 Å². The molecule has 1 aliphatic heterocycles. The molecule has 4 atom stereocenters. The topological polar surface area (TPSA) is 222 Å². The van der Waals surface area contributed by atoms with Gasteiger partial charge in [0, 0.05) is 13.0 Å². The van der Waals surface area contributed by atoms with Crippen LogP contribution in [0.15, 0.2) is 0 Å². The lowest BCUT2D eigenvalue weighted by atomic mass is 10.0. The van der Waals surface area contributed by atoms with Gasteiger partial charge in [0.1, 0.15) is 18.1 Å². The van der Waals surface area contributed by atoms with Crippen LogP contribution in [-0.4, -0.2) is 81.4 Å². The van der Waals surface area contributed by atoms with Crippen LogP contribution in [-0.2, 0) is 28.8 Å². The highest BCUT2D eigenvalue weighted by atomic mass is 16.4. The van der Waals surface area contributed by atoms with Crippen LogP contribution < -0.4 is 22.1 Å². The van der Waals surface area contributed by atoms with Crippen molar-refractivity contribution in [2.45, 2.75) is 76.5 Å². The van der Waals surface area contributed by atoms with Crippen LogP contribution in [0.4, 0.5) is 0 Å². The predicted molar refractivity (Wildman–Crippen MR) is 114 cm³/mol. The number of aliphatic carboxylic acids is 2. The lowest BCUT2D eigenvalue weighted by Crippen LogP contribution is -2.57. The maximum atomic E-state index is 13.2. The third-order valence-corrected chi connectivity index (χ3v) is 5.19. The second-order valence-electron chi connectivity index (χ2n) is 8.49. The number of carboxylic acid groups (broad SMARTS) is 2. The van der Waals surface area contributed by atoms with E-state index < -0.39 is 66.2 Å². The number of primary amides is 1. The molecule has 1 rings (SSSR count). The van der Waals surface area contributed by atoms with Crippen LogP contribution in [0.1, 0.15) is 52.4 Å². The average molecular weight is 472 g/mol. The van der Waals surface area contributed by atoms with E-state index in [0.29, 0.717) is 6.42 Å². The lowest BCUT2D eigenvalue weighted by Gasteiger charge is -2.30. The zero-order chi connectivity index (χ0) is 25.3. The largest absolute Gasteiger partial charge is 0.481 e. The molecular weight excluding hydrogens is 438 g/mol. The van der Waals surface area contributed by atoms with Crippen molar-refractivity contribution < 1.29 is 39.0 Å². The van der Waals surface area contributed by atoms with Crippen molar-refractivity contribution in [2.75, 3.05) is 6.54 Å². The number of likely N-dealkylation sites (tertiary alicyclic amines) is 1. The van der Waals surface area contributed by atoms with Gasteiger partial charge in [-0.25, -0.2) is 4.79 Å². The first-order valence-corrected chi connectivity index (χ1v) is 10.7. The molecule has 13 nitrogen and oxygen atoms in total. The minimum Gasteiger partial charge on any atom is -0.481 e. The molecule has 13 heteroatoms. The summed E-state index contributed by atoms with van der Waals surface area (Å²) < 4.78 is 0. The van der Waals surface area contributed by atoms with Crippen molar-refractivity contribution >= 4 is 35.6 Å². The predicted octanol–water partition coefficient (Wildman–Crippen LogP) is -1.85. The van der Waals surface area contributed by atoms with E-state index >= 15 is 0 Å². The lowest BCUT2D eigenvalue weighted by molar-refractivity contribution is -0.146. The van der Waals surface area contributed by atoms with Crippen LogP contribution in [0.5, 0.6) is 0 Å². The van der Waals surface area contributed by atoms with Crippen LogP contribution >= 0.6 is 0 Å². The fourth-order valence-electron chi connectivity index (χ4n) is 3.55. The Balaban J connectivity index is 2.93. The smallest absolute Gasteiger partial charge is 0.326 e. The first kappa shape index (κ1) is 27.8. The SMILES string of the molecule is CC(C)CC(NC(=O)C(N)CCC(=O)O)C(=O)N1CCCC1C(=O)NC(CC(N)=O)C(=O)O. The number of hydrogen-bond acceptors (Lipinski definition) is 7. The number of carbonyl (C=O) groups is 6. The minimum atomic E-state index is -1.52. The molecule has 0 aromatic heterocycles. The summed E-state index contributed by atoms with van der Waals surface area (Å²) in [5.41, 5.74) is 10.8. The summed E-state index contributed by atoms with van der Waals surface area (Å²) in [5.74, 6) is -5.38. The quantitative estimate of drug-likeness (QED) is 0.177. The van der Waals surface area contributed by atoms with E-state index in [1.807, 2.05) is 13.8 Å². The molecule has 33 heavy (non-hydrogen) atoms. The summed E-state index contributed by atoms with van der Waals surface area (Å²) in [4.78, 5) is 72.7. The number of nitrogens with one attached hydrogen (secondary N) is 2. The molecule has 0 aliphatic carbocycles. The molecule has 0 spiro atoms. The van der Waals surface area contributed by atoms with Gasteiger partial charge in [-0.1, -0.05) is 13.8 Å². The fraction of sp³-hybridized carbons (Fsp3) is 0.700. The van der Waals surface area contributed by atoms with Crippen LogP contribution in [0.25, 0.3) is 0 Å². The van der Waals surface area contributed by atoms with Gasteiger partial charge in [0.25, 0.3) is 0 Å². The van der Waals surface area contributed by atoms with Crippen molar-refractivity contribution in [1.82, 2.24) is 15.5 Å². The van der Waals surface area contributed by atoms with Crippen molar-refractivity contribution in [1.29, 1.82) is 0 Å². The molecule has 0 aromatic carbocycles. The number of nitrogens with two attached hydrogens (primary N) is 2. The summed E-state index contributed by atoms with van der Waals surface area (Å²) in [6, 6.07) is -4.61. The fourth-order valence-corrected chi connectivity index (χ4v) is 3.55. The zero-order valence-corrected chi connectivity index (χ0v) is 18.8. The summed E-state index contributed by atoms with van der Waals surface area (Å²) in [5, 5.41) is 22.8. The third kappa shape index (κ3) is 9.04. The first-order valence-electron chi connectivity index (χ1n) is 10.7. The van der Waals surface area contributed by atoms with E-state index in [2.05, 4.69) is 10.6 Å². The highest BCUT2D eigenvalue weighted by Crippen LogP contribution is 2.21. The average Bonchev–Trinajstić information content (AvgIpc) is 3.19. The molecule has 8 N–H and O–H groups in total. The van der Waals surface area contributed by atoms with Crippen molar-refractivity contribution in [3.63, 3.8) is 0 Å². The molecule has 4 unspecified atom stereocenters. The molecule has 1 fully saturated rings. The number of hydrogen-bond donors (Lipinski definition) is 6. The Bertz CT molecular complexity index is 772. The van der Waals surface area contributed by atoms with Gasteiger partial charge in [-0.05, 0) is 31.6 Å². The molecule has 0 bridgehead atoms. The van der Waals surface area contributed by atoms with Crippen LogP contribution in [0, 0.1) is 5.92 Å². The second-order valence-corrected chi connectivity index (χ2v) is 8.49. The Morgan fingerprint density at radius 2 is 1.70 bits per heavy atom. The summed E-state index contributed by atoms with van der Waals surface area (Å²) in [7, 11) is 0. The van der Waals surface area contributed by atoms with Gasteiger partial charge in [0.2, 0.25) is 23.6 Å². The van der Waals surface area contributed by atoms with Crippen LogP contribution in [0.3, 0.4) is 0 Å². The molecule has 0 saturated carbocycles. The number of rotatable bonds is 13. The molecule has 1 aliphatic rings. The number of nitrogens with zero attached hydrogens (tertiary/aromatic N) is 1. The van der Waals surface area contributed by atoms with E-state index in [-0.39, 0.29) is 38.1 Å². The summed E-state index contributed by atoms with van der Waals surface area (Å²) >= 11 is 0. The molecular formula is C20H33N5O8. The van der Waals surface area contributed by atoms with Crippen molar-refractivity contribution in [3.8, 4) is 0 Å². The van der Waals surface area contributed by atoms with Crippen LogP contribution in [0.2, 0.25) is 0 Å². The van der Waals surface area contributed by atoms with Gasteiger partial charge < -0.3 is 37.2 Å². The van der Waals surface area contributed by atoms with Crippen molar-refractivity contribution in [3.05, 3.63) is 0 Å². The van der Waals surface area contributed by atoms with E-state index in [9.17, 15) is 33.9 Å². The second kappa shape index (κ2) is 12.7. The van der Waals surface area contributed by atoms with E-state index in [4.69, 9.17) is 16.6 Å². The van der Waals surface area contributed by atoms with E-state index in [1.54, 1.807) is 0 Å². The molecule has 4 amide bonds. The number of carboxylic acids is 2. The minimum absolute atomic E-state index is 0.00340. The number of amides is 4. The highest BCUT2D eigenvalue weighted by Gasteiger charge is 2.39. The standard InChI is InChI=1S/C20H33N5O8/c1-10(2)8-12(23-17(29)11(21)5-6-16(27)28)19(31)25-7-3-4-14(25)18(30)24-13(20(32)33)9-15(22)26/h10-14H,3-9,21H2,1-2H3,(H2,22,26)(H,23,29)(H,24,30)(H,27,28)(H,32,33). The molecule has 1 heterocycles. The van der Waals surface area contributed by atoms with Gasteiger partial charge in [-0.2, -0.15) is 0 Å². The highest BCUT2D eigenvalue weighted by molar-refractivity contribution is 5.95. The van der Waals surface area contributed by atoms with Gasteiger partial charge in [-0.3, -0.25) is 24.0 Å². The normalized spacial score (nSPS) is 18.3. The van der Waals surface area contributed by atoms with E-state index in [0.717, 1.165) is 0 Å². The van der Waals surface area contributed by atoms with Gasteiger partial charge in [0.05, 0.1) is 12.5 Å². The monoisotopic (exact) mass is 471 g/mol. The number of carbonyl (C=O) groups excluding carboxylic acids is 4. The third-order valence-electron chi connectivity index (χ3n) is 5.19. The molecule has 0 radical (unpaired) electrons. The van der Waals surface area contributed by atoms with E-state index in [1.165, 1.54) is 4.90 Å². The molecule has 1 saturated heterocycles. The Morgan fingerprint density at radius 3 is 2.21 bits per heavy atom. The van der Waals surface area contributed by atoms with Crippen molar-refractivity contribution in [2.24, 2.45) is 17.4 Å². The molecule has 186 valence electrons. The van der Waals surface area contributed by atoms with Gasteiger partial charge in [-0.15, -0.1) is 0 Å². The maximum absolute atomic E-state index is 13.2. The molecule has 0 aromatic rings. The Morgan fingerprint density at radius 1 is 1.06 bits per heavy atom. The first-order chi connectivity index (χ1) is 15.3. The summed E-state index contributed by atoms with van der Waals surface area (Å²) in [6.07, 6.45) is 0.0119. The maximum Gasteiger partial charge on any atom is 0.326 e. The Labute approximate surface area is 191 Å². The Kier molecular flexibility index (Phi) is 10.7. The van der Waals surface area contributed by atoms with Gasteiger partial charge in [0.15, 0.2) is 0 Å².